The second-order valence-corrected chi connectivity index (χ2v) is 9.86. The van der Waals surface area contributed by atoms with Crippen LogP contribution in [0.4, 0.5) is 140 Å². The Labute approximate surface area is 261 Å². The molecular weight excluding hydrogens is 852 g/mol. The number of hydrogen-bond acceptors (Lipinski definition) is 2. The third-order valence-corrected chi connectivity index (χ3v) is 6.56. The van der Waals surface area contributed by atoms with E-state index in [1.807, 2.05) is 0 Å². The maximum atomic E-state index is 13.8. The lowest BCUT2D eigenvalue weighted by atomic mass is 9.82. The van der Waals surface area contributed by atoms with Gasteiger partial charge in [-0.05, 0) is 0 Å². The summed E-state index contributed by atoms with van der Waals surface area (Å²) in [6, 6.07) is 0. The zero-order chi connectivity index (χ0) is 43.4. The zero-order valence-corrected chi connectivity index (χ0v) is 22.7. The molecule has 0 atom stereocenters. The minimum absolute atomic E-state index is 3.42. The van der Waals surface area contributed by atoms with Crippen LogP contribution in [0.1, 0.15) is 0 Å². The fourth-order valence-corrected chi connectivity index (χ4v) is 3.08. The van der Waals surface area contributed by atoms with E-state index < -0.39 is 108 Å². The van der Waals surface area contributed by atoms with E-state index >= 15 is 0 Å². The highest BCUT2D eigenvalue weighted by Gasteiger charge is 3.01. The molecule has 0 aliphatic carbocycles. The molecule has 0 rings (SSSR count). The molecule has 314 valence electrons. The maximum absolute atomic E-state index is 13.8. The van der Waals surface area contributed by atoms with Crippen molar-refractivity contribution in [1.82, 2.24) is 0 Å². The summed E-state index contributed by atoms with van der Waals surface area (Å²) in [6.45, 7) is -6.83. The fourth-order valence-electron chi connectivity index (χ4n) is 3.08. The molecule has 0 bridgehead atoms. The molecule has 0 aromatic carbocycles. The Balaban J connectivity index is 7.73. The van der Waals surface area contributed by atoms with Gasteiger partial charge in [0.2, 0.25) is 0 Å². The van der Waals surface area contributed by atoms with E-state index in [1.165, 1.54) is 0 Å². The van der Waals surface area contributed by atoms with Gasteiger partial charge in [0.05, 0.1) is 13.1 Å². The van der Waals surface area contributed by atoms with Crippen molar-refractivity contribution < 1.29 is 140 Å². The lowest BCUT2D eigenvalue weighted by Gasteiger charge is -2.47. The highest BCUT2D eigenvalue weighted by Crippen LogP contribution is 2.69. The predicted octanol–water partition coefficient (Wildman–Crippen LogP) is 9.07. The van der Waals surface area contributed by atoms with Crippen molar-refractivity contribution in [3.8, 4) is 0 Å². The second kappa shape index (κ2) is 12.1. The third kappa shape index (κ3) is 5.40. The molecule has 0 spiro atoms. The van der Waals surface area contributed by atoms with Gasteiger partial charge >= 0.3 is 94.8 Å². The molecule has 0 fully saturated rings. The van der Waals surface area contributed by atoms with E-state index in [0.717, 1.165) is 0 Å². The first kappa shape index (κ1) is 49.7. The van der Waals surface area contributed by atoms with Crippen molar-refractivity contribution in [2.75, 3.05) is 13.1 Å². The smallest absolute Gasteiger partial charge is 0.325 e. The van der Waals surface area contributed by atoms with Gasteiger partial charge in [0.25, 0.3) is 0 Å². The molecule has 0 saturated carbocycles. The van der Waals surface area contributed by atoms with Gasteiger partial charge in [-0.2, -0.15) is 140 Å². The summed E-state index contributed by atoms with van der Waals surface area (Å²) in [7, 11) is 0. The normalized spacial score (nSPS) is 17.2. The molecule has 0 saturated heterocycles. The van der Waals surface area contributed by atoms with Crippen LogP contribution in [0.2, 0.25) is 0 Å². The molecule has 4 N–H and O–H groups in total. The average Bonchev–Trinajstić information content (AvgIpc) is 2.95. The van der Waals surface area contributed by atoms with Crippen LogP contribution in [-0.2, 0) is 0 Å². The minimum Gasteiger partial charge on any atom is -0.325 e. The van der Waals surface area contributed by atoms with Gasteiger partial charge in [-0.3, -0.25) is 0 Å². The largest absolute Gasteiger partial charge is 0.385 e. The van der Waals surface area contributed by atoms with Gasteiger partial charge in [-0.25, -0.2) is 0 Å². The van der Waals surface area contributed by atoms with E-state index in [0.29, 0.717) is 0 Å². The summed E-state index contributed by atoms with van der Waals surface area (Å²) in [6.07, 6.45) is 0. The van der Waals surface area contributed by atoms with Crippen LogP contribution in [0.5, 0.6) is 0 Å². The van der Waals surface area contributed by atoms with Crippen molar-refractivity contribution in [3.05, 3.63) is 0 Å². The van der Waals surface area contributed by atoms with Gasteiger partial charge in [0, 0.05) is 0 Å². The number of rotatable bonds is 17. The lowest BCUT2D eigenvalue weighted by Crippen LogP contribution is -2.80. The Morgan fingerprint density at radius 2 is 0.250 bits per heavy atom. The van der Waals surface area contributed by atoms with Crippen molar-refractivity contribution in [2.24, 2.45) is 11.5 Å². The molecule has 0 radical (unpaired) electrons. The fraction of sp³-hybridized carbons (Fsp3) is 1.00. The SMILES string of the molecule is NCC(F)(F)C(F)(F)C(F)(F)C(F)(F)C(F)(F)C(F)(F)C(F)(F)C(F)(F)C(F)(F)C(F)(F)C(F)(F)C(F)(F)C(F)(F)C(F)(F)C(F)(F)C(F)(F)CN. The molecule has 0 aliphatic heterocycles. The van der Waals surface area contributed by atoms with Gasteiger partial charge in [-0.1, -0.05) is 0 Å². The Morgan fingerprint density at radius 3 is 0.327 bits per heavy atom. The summed E-state index contributed by atoms with van der Waals surface area (Å²) < 4.78 is 434. The quantitative estimate of drug-likeness (QED) is 0.144. The van der Waals surface area contributed by atoms with Crippen LogP contribution >= 0.6 is 0 Å². The second-order valence-electron chi connectivity index (χ2n) is 9.86. The highest BCUT2D eigenvalue weighted by atomic mass is 19.4. The Kier molecular flexibility index (Phi) is 11.5. The van der Waals surface area contributed by atoms with Crippen LogP contribution in [0.3, 0.4) is 0 Å². The van der Waals surface area contributed by atoms with Crippen LogP contribution in [0.25, 0.3) is 0 Å². The van der Waals surface area contributed by atoms with E-state index in [9.17, 15) is 140 Å². The first-order valence-corrected chi connectivity index (χ1v) is 11.3. The maximum Gasteiger partial charge on any atom is 0.385 e. The molecule has 0 amide bonds. The lowest BCUT2D eigenvalue weighted by molar-refractivity contribution is -0.489. The summed E-state index contributed by atoms with van der Waals surface area (Å²) in [5.74, 6) is -148. The third-order valence-electron chi connectivity index (χ3n) is 6.56. The van der Waals surface area contributed by atoms with Gasteiger partial charge < -0.3 is 11.5 Å². The predicted molar refractivity (Wildman–Crippen MR) is 97.3 cm³/mol. The highest BCUT2D eigenvalue weighted by molar-refractivity contribution is 5.22. The summed E-state index contributed by atoms with van der Waals surface area (Å²) in [5, 5.41) is 0. The topological polar surface area (TPSA) is 52.0 Å². The molecule has 52 heavy (non-hydrogen) atoms. The van der Waals surface area contributed by atoms with E-state index in [1.54, 1.807) is 0 Å². The first-order valence-electron chi connectivity index (χ1n) is 11.3. The van der Waals surface area contributed by atoms with E-state index in [4.69, 9.17) is 0 Å². The molecule has 2 nitrogen and oxygen atoms in total. The van der Waals surface area contributed by atoms with Gasteiger partial charge in [0.1, 0.15) is 0 Å². The van der Waals surface area contributed by atoms with Crippen molar-refractivity contribution in [2.45, 2.75) is 94.8 Å². The number of halogens is 32. The van der Waals surface area contributed by atoms with Crippen molar-refractivity contribution in [3.63, 3.8) is 0 Å². The van der Waals surface area contributed by atoms with Gasteiger partial charge in [0.15, 0.2) is 0 Å². The zero-order valence-electron chi connectivity index (χ0n) is 22.7. The number of nitrogens with two attached hydrogens (primary N) is 2. The van der Waals surface area contributed by atoms with Crippen molar-refractivity contribution >= 4 is 0 Å². The molecule has 0 unspecified atom stereocenters. The number of hydrogen-bond donors (Lipinski definition) is 2. The molecular formula is C18H8F32N2. The van der Waals surface area contributed by atoms with Crippen LogP contribution in [0.15, 0.2) is 0 Å². The van der Waals surface area contributed by atoms with Gasteiger partial charge in [-0.15, -0.1) is 0 Å². The van der Waals surface area contributed by atoms with Crippen LogP contribution in [-0.4, -0.2) is 108 Å². The minimum atomic E-state index is -10.1. The molecule has 0 aliphatic rings. The Hall–Kier alpha value is -2.32. The molecule has 0 aromatic heterocycles. The number of alkyl halides is 32. The Bertz CT molecular complexity index is 1190. The van der Waals surface area contributed by atoms with Crippen LogP contribution in [0, 0.1) is 0 Å². The summed E-state index contributed by atoms with van der Waals surface area (Å²) in [5.41, 5.74) is 7.42. The summed E-state index contributed by atoms with van der Waals surface area (Å²) in [4.78, 5) is 0. The molecule has 34 heteroatoms. The van der Waals surface area contributed by atoms with Crippen molar-refractivity contribution in [1.29, 1.82) is 0 Å². The van der Waals surface area contributed by atoms with Crippen LogP contribution < -0.4 is 11.5 Å². The molecule has 0 heterocycles. The van der Waals surface area contributed by atoms with E-state index in [2.05, 4.69) is 11.5 Å². The Morgan fingerprint density at radius 1 is 0.173 bits per heavy atom. The van der Waals surface area contributed by atoms with E-state index in [-0.39, 0.29) is 0 Å². The standard InChI is InChI=1S/C18H8F32N2/c19-3(20,1-51)5(23,24)7(27,28)9(31,32)11(35,36)13(39,40)15(43,44)17(47,48)18(49,50)16(45,46)14(41,42)12(37,38)10(33,34)8(29,30)6(25,26)4(21,22)2-52/h1-2,51-52H2. The monoisotopic (exact) mass is 860 g/mol. The summed E-state index contributed by atoms with van der Waals surface area (Å²) >= 11 is 0. The first-order chi connectivity index (χ1) is 21.9. The molecule has 0 aromatic rings. The average molecular weight is 860 g/mol.